The maximum atomic E-state index is 12.9. The number of rotatable bonds is 5. The number of nitrogens with two attached hydrogens (primary N) is 1. The molecule has 0 aliphatic carbocycles. The second-order valence-electron chi connectivity index (χ2n) is 3.96. The summed E-state index contributed by atoms with van der Waals surface area (Å²) in [5.74, 6) is -0.882. The van der Waals surface area contributed by atoms with Gasteiger partial charge in [-0.05, 0) is 24.2 Å². The molecule has 6 heteroatoms. The van der Waals surface area contributed by atoms with Gasteiger partial charge in [-0.2, -0.15) is 13.2 Å². The molecule has 0 fully saturated rings. The van der Waals surface area contributed by atoms with Crippen LogP contribution < -0.4 is 5.73 Å². The van der Waals surface area contributed by atoms with Gasteiger partial charge in [0.2, 0.25) is 0 Å². The van der Waals surface area contributed by atoms with Crippen molar-refractivity contribution in [3.8, 4) is 0 Å². The van der Waals surface area contributed by atoms with Crippen LogP contribution in [0, 0.1) is 5.82 Å². The van der Waals surface area contributed by atoms with Crippen molar-refractivity contribution in [2.75, 3.05) is 19.6 Å². The predicted molar refractivity (Wildman–Crippen MR) is 61.4 cm³/mol. The lowest BCUT2D eigenvalue weighted by atomic mass is 10.1. The molecule has 0 unspecified atom stereocenters. The molecule has 0 saturated carbocycles. The molecule has 0 saturated heterocycles. The molecule has 2 N–H and O–H groups in total. The quantitative estimate of drug-likeness (QED) is 0.828. The van der Waals surface area contributed by atoms with Crippen molar-refractivity contribution < 1.29 is 17.6 Å². The van der Waals surface area contributed by atoms with Gasteiger partial charge in [0.05, 0.1) is 5.56 Å². The number of hydrogen-bond acceptors (Lipinski definition) is 2. The van der Waals surface area contributed by atoms with E-state index in [1.165, 1.54) is 6.07 Å². The fourth-order valence-electron chi connectivity index (χ4n) is 1.72. The maximum Gasteiger partial charge on any atom is 0.416 e. The van der Waals surface area contributed by atoms with E-state index in [0.717, 1.165) is 6.07 Å². The van der Waals surface area contributed by atoms with Gasteiger partial charge in [-0.15, -0.1) is 0 Å². The Bertz CT molecular complexity index is 390. The Labute approximate surface area is 103 Å². The summed E-state index contributed by atoms with van der Waals surface area (Å²) in [5, 5.41) is 0. The fourth-order valence-corrected chi connectivity index (χ4v) is 1.72. The van der Waals surface area contributed by atoms with Gasteiger partial charge in [0.25, 0.3) is 0 Å². The monoisotopic (exact) mass is 264 g/mol. The highest BCUT2D eigenvalue weighted by Gasteiger charge is 2.33. The van der Waals surface area contributed by atoms with Crippen LogP contribution in [0.2, 0.25) is 0 Å². The molecule has 1 aromatic carbocycles. The first kappa shape index (κ1) is 14.9. The molecule has 0 atom stereocenters. The van der Waals surface area contributed by atoms with Gasteiger partial charge in [0.1, 0.15) is 5.82 Å². The molecule has 0 aliphatic rings. The van der Waals surface area contributed by atoms with Gasteiger partial charge in [-0.3, -0.25) is 4.90 Å². The van der Waals surface area contributed by atoms with Gasteiger partial charge in [0, 0.05) is 19.6 Å². The molecule has 1 rings (SSSR count). The average Bonchev–Trinajstić information content (AvgIpc) is 2.29. The van der Waals surface area contributed by atoms with E-state index in [-0.39, 0.29) is 12.1 Å². The topological polar surface area (TPSA) is 29.3 Å². The summed E-state index contributed by atoms with van der Waals surface area (Å²) >= 11 is 0. The normalized spacial score (nSPS) is 12.2. The van der Waals surface area contributed by atoms with Crippen LogP contribution in [-0.4, -0.2) is 24.5 Å². The van der Waals surface area contributed by atoms with Crippen molar-refractivity contribution in [1.82, 2.24) is 4.90 Å². The Morgan fingerprint density at radius 1 is 1.28 bits per heavy atom. The van der Waals surface area contributed by atoms with Crippen molar-refractivity contribution in [2.45, 2.75) is 19.6 Å². The van der Waals surface area contributed by atoms with Gasteiger partial charge in [-0.25, -0.2) is 4.39 Å². The maximum absolute atomic E-state index is 12.9. The van der Waals surface area contributed by atoms with E-state index in [2.05, 4.69) is 0 Å². The summed E-state index contributed by atoms with van der Waals surface area (Å²) in [7, 11) is 0. The highest BCUT2D eigenvalue weighted by molar-refractivity contribution is 5.30. The Kier molecular flexibility index (Phi) is 5.10. The van der Waals surface area contributed by atoms with Crippen molar-refractivity contribution >= 4 is 0 Å². The van der Waals surface area contributed by atoms with E-state index >= 15 is 0 Å². The lowest BCUT2D eigenvalue weighted by Crippen LogP contribution is -2.29. The number of hydrogen-bond donors (Lipinski definition) is 1. The SMILES string of the molecule is CCN(CCN)Cc1ccc(F)cc1C(F)(F)F. The summed E-state index contributed by atoms with van der Waals surface area (Å²) in [4.78, 5) is 1.78. The standard InChI is InChI=1S/C12H16F4N2/c1-2-18(6-5-17)8-9-3-4-10(13)7-11(9)12(14,15)16/h3-4,7H,2,5-6,8,17H2,1H3. The molecular formula is C12H16F4N2. The number of benzene rings is 1. The van der Waals surface area contributed by atoms with Crippen LogP contribution in [-0.2, 0) is 12.7 Å². The van der Waals surface area contributed by atoms with Crippen LogP contribution in [0.5, 0.6) is 0 Å². The first-order valence-corrected chi connectivity index (χ1v) is 5.66. The molecule has 18 heavy (non-hydrogen) atoms. The summed E-state index contributed by atoms with van der Waals surface area (Å²) in [6.07, 6.45) is -4.54. The molecule has 0 spiro atoms. The summed E-state index contributed by atoms with van der Waals surface area (Å²) in [5.41, 5.74) is 4.53. The Morgan fingerprint density at radius 2 is 1.94 bits per heavy atom. The molecule has 0 aliphatic heterocycles. The van der Waals surface area contributed by atoms with Gasteiger partial charge < -0.3 is 5.73 Å². The number of likely N-dealkylation sites (N-methyl/N-ethyl adjacent to an activating group) is 1. The summed E-state index contributed by atoms with van der Waals surface area (Å²) < 4.78 is 51.2. The van der Waals surface area contributed by atoms with Crippen LogP contribution in [0.3, 0.4) is 0 Å². The van der Waals surface area contributed by atoms with Crippen LogP contribution in [0.4, 0.5) is 17.6 Å². The molecule has 0 bridgehead atoms. The highest BCUT2D eigenvalue weighted by atomic mass is 19.4. The molecule has 1 aromatic rings. The van der Waals surface area contributed by atoms with Crippen molar-refractivity contribution in [3.05, 3.63) is 35.1 Å². The van der Waals surface area contributed by atoms with Crippen molar-refractivity contribution in [1.29, 1.82) is 0 Å². The van der Waals surface area contributed by atoms with Crippen molar-refractivity contribution in [3.63, 3.8) is 0 Å². The number of halogens is 4. The van der Waals surface area contributed by atoms with Crippen molar-refractivity contribution in [2.24, 2.45) is 5.73 Å². The highest BCUT2D eigenvalue weighted by Crippen LogP contribution is 2.33. The molecule has 0 aromatic heterocycles. The van der Waals surface area contributed by atoms with E-state index in [0.29, 0.717) is 25.7 Å². The third-order valence-corrected chi connectivity index (χ3v) is 2.66. The van der Waals surface area contributed by atoms with Crippen LogP contribution in [0.25, 0.3) is 0 Å². The zero-order valence-electron chi connectivity index (χ0n) is 10.1. The van der Waals surface area contributed by atoms with E-state index in [9.17, 15) is 17.6 Å². The Hall–Kier alpha value is -1.14. The van der Waals surface area contributed by atoms with Crippen LogP contribution in [0.1, 0.15) is 18.1 Å². The summed E-state index contributed by atoms with van der Waals surface area (Å²) in [6, 6.07) is 2.75. The molecule has 2 nitrogen and oxygen atoms in total. The van der Waals surface area contributed by atoms with Gasteiger partial charge in [0.15, 0.2) is 0 Å². The minimum atomic E-state index is -4.54. The predicted octanol–water partition coefficient (Wildman–Crippen LogP) is 2.63. The average molecular weight is 264 g/mol. The lowest BCUT2D eigenvalue weighted by molar-refractivity contribution is -0.138. The third-order valence-electron chi connectivity index (χ3n) is 2.66. The molecule has 102 valence electrons. The number of nitrogens with zero attached hydrogens (tertiary/aromatic N) is 1. The molecular weight excluding hydrogens is 248 g/mol. The zero-order chi connectivity index (χ0) is 13.8. The Morgan fingerprint density at radius 3 is 2.44 bits per heavy atom. The number of alkyl halides is 3. The molecule has 0 amide bonds. The lowest BCUT2D eigenvalue weighted by Gasteiger charge is -2.22. The smallest absolute Gasteiger partial charge is 0.329 e. The molecule has 0 heterocycles. The van der Waals surface area contributed by atoms with E-state index in [1.807, 2.05) is 6.92 Å². The second kappa shape index (κ2) is 6.15. The van der Waals surface area contributed by atoms with E-state index in [4.69, 9.17) is 5.73 Å². The van der Waals surface area contributed by atoms with Gasteiger partial charge >= 0.3 is 6.18 Å². The first-order chi connectivity index (χ1) is 8.38. The minimum Gasteiger partial charge on any atom is -0.329 e. The molecule has 0 radical (unpaired) electrons. The first-order valence-electron chi connectivity index (χ1n) is 5.66. The minimum absolute atomic E-state index is 0.0687. The fraction of sp³-hybridized carbons (Fsp3) is 0.500. The second-order valence-corrected chi connectivity index (χ2v) is 3.96. The van der Waals surface area contributed by atoms with Crippen LogP contribution >= 0.6 is 0 Å². The summed E-state index contributed by atoms with van der Waals surface area (Å²) in [6.45, 7) is 3.42. The Balaban J connectivity index is 3.01. The zero-order valence-corrected chi connectivity index (χ0v) is 10.1. The van der Waals surface area contributed by atoms with E-state index < -0.39 is 17.6 Å². The van der Waals surface area contributed by atoms with Crippen LogP contribution in [0.15, 0.2) is 18.2 Å². The third kappa shape index (κ3) is 3.96. The van der Waals surface area contributed by atoms with Gasteiger partial charge in [-0.1, -0.05) is 13.0 Å². The van der Waals surface area contributed by atoms with E-state index in [1.54, 1.807) is 4.90 Å². The largest absolute Gasteiger partial charge is 0.416 e.